The highest BCUT2D eigenvalue weighted by Crippen LogP contribution is 2.35. The zero-order valence-electron chi connectivity index (χ0n) is 14.0. The van der Waals surface area contributed by atoms with E-state index in [1.165, 1.54) is 18.4 Å². The zero-order chi connectivity index (χ0) is 18.4. The molecule has 0 unspecified atom stereocenters. The van der Waals surface area contributed by atoms with Gasteiger partial charge in [0.15, 0.2) is 5.58 Å². The molecule has 0 fully saturated rings. The van der Waals surface area contributed by atoms with Gasteiger partial charge in [-0.05, 0) is 37.6 Å². The second-order valence-corrected chi connectivity index (χ2v) is 6.10. The van der Waals surface area contributed by atoms with Crippen LogP contribution in [0.15, 0.2) is 56.3 Å². The summed E-state index contributed by atoms with van der Waals surface area (Å²) in [5.41, 5.74) is 3.03. The molecule has 0 atom stereocenters. The molecule has 0 bridgehead atoms. The van der Waals surface area contributed by atoms with Gasteiger partial charge >= 0.3 is 5.63 Å². The number of nitro benzene ring substituents is 1. The van der Waals surface area contributed by atoms with Gasteiger partial charge in [0.05, 0.1) is 16.0 Å². The zero-order valence-corrected chi connectivity index (χ0v) is 14.0. The van der Waals surface area contributed by atoms with E-state index in [0.29, 0.717) is 33.5 Å². The molecule has 4 aromatic rings. The number of rotatable bonds is 3. The molecule has 0 aliphatic rings. The minimum atomic E-state index is -0.444. The van der Waals surface area contributed by atoms with E-state index in [2.05, 4.69) is 5.32 Å². The van der Waals surface area contributed by atoms with Gasteiger partial charge < -0.3 is 14.2 Å². The minimum absolute atomic E-state index is 0.0232. The van der Waals surface area contributed by atoms with E-state index in [0.717, 1.165) is 10.9 Å². The van der Waals surface area contributed by atoms with Gasteiger partial charge in [-0.15, -0.1) is 0 Å². The topological polar surface area (TPSA) is 98.5 Å². The largest absolute Gasteiger partial charge is 0.462 e. The number of benzene rings is 2. The Morgan fingerprint density at radius 1 is 1.08 bits per heavy atom. The van der Waals surface area contributed by atoms with Crippen molar-refractivity contribution in [2.24, 2.45) is 0 Å². The predicted octanol–water partition coefficient (Wildman–Crippen LogP) is 4.81. The van der Waals surface area contributed by atoms with E-state index in [4.69, 9.17) is 8.83 Å². The molecule has 7 nitrogen and oxygen atoms in total. The lowest BCUT2D eigenvalue weighted by molar-refractivity contribution is -0.385. The molecule has 2 aromatic heterocycles. The molecule has 1 N–H and O–H groups in total. The summed E-state index contributed by atoms with van der Waals surface area (Å²) in [5.74, 6) is 0. The fourth-order valence-electron chi connectivity index (χ4n) is 3.03. The molecule has 2 aromatic carbocycles. The molecule has 0 saturated carbocycles. The summed E-state index contributed by atoms with van der Waals surface area (Å²) in [6, 6.07) is 9.94. The standard InChI is InChI=1S/C19H14N2O5/c1-10-3-4-12(8-15(10)21(23)24)20-14-9-25-16-6-5-13-11(2)7-17(22)26-19(13)18(14)16/h3-9,20H,1-2H3. The maximum Gasteiger partial charge on any atom is 0.336 e. The van der Waals surface area contributed by atoms with Gasteiger partial charge in [-0.25, -0.2) is 4.79 Å². The maximum absolute atomic E-state index is 11.8. The number of nitrogens with zero attached hydrogens (tertiary/aromatic N) is 1. The first-order chi connectivity index (χ1) is 12.4. The lowest BCUT2D eigenvalue weighted by atomic mass is 10.1. The molecule has 4 rings (SSSR count). The van der Waals surface area contributed by atoms with Crippen LogP contribution in [0, 0.1) is 24.0 Å². The Hall–Kier alpha value is -3.61. The molecular formula is C19H14N2O5. The van der Waals surface area contributed by atoms with Crippen LogP contribution in [0.5, 0.6) is 0 Å². The van der Waals surface area contributed by atoms with E-state index >= 15 is 0 Å². The smallest absolute Gasteiger partial charge is 0.336 e. The fourth-order valence-corrected chi connectivity index (χ4v) is 3.03. The average molecular weight is 350 g/mol. The Morgan fingerprint density at radius 2 is 1.88 bits per heavy atom. The number of fused-ring (bicyclic) bond motifs is 3. The molecule has 0 radical (unpaired) electrons. The highest BCUT2D eigenvalue weighted by atomic mass is 16.6. The second kappa shape index (κ2) is 5.73. The monoisotopic (exact) mass is 350 g/mol. The second-order valence-electron chi connectivity index (χ2n) is 6.10. The van der Waals surface area contributed by atoms with Crippen molar-refractivity contribution in [2.45, 2.75) is 13.8 Å². The van der Waals surface area contributed by atoms with Gasteiger partial charge in [-0.3, -0.25) is 10.1 Å². The van der Waals surface area contributed by atoms with Gasteiger partial charge in [0.1, 0.15) is 11.8 Å². The van der Waals surface area contributed by atoms with Gasteiger partial charge in [0.25, 0.3) is 5.69 Å². The molecule has 0 spiro atoms. The van der Waals surface area contributed by atoms with E-state index < -0.39 is 10.5 Å². The Kier molecular flexibility index (Phi) is 3.50. The Balaban J connectivity index is 1.90. The van der Waals surface area contributed by atoms with Crippen LogP contribution in [0.1, 0.15) is 11.1 Å². The molecule has 0 aliphatic carbocycles. The first-order valence-electron chi connectivity index (χ1n) is 7.91. The van der Waals surface area contributed by atoms with Crippen molar-refractivity contribution in [1.29, 1.82) is 0 Å². The van der Waals surface area contributed by atoms with Crippen LogP contribution < -0.4 is 10.9 Å². The van der Waals surface area contributed by atoms with Gasteiger partial charge in [0.2, 0.25) is 0 Å². The maximum atomic E-state index is 11.8. The fraction of sp³-hybridized carbons (Fsp3) is 0.105. The van der Waals surface area contributed by atoms with Gasteiger partial charge in [-0.2, -0.15) is 0 Å². The normalized spacial score (nSPS) is 11.2. The number of nitro groups is 1. The minimum Gasteiger partial charge on any atom is -0.462 e. The number of hydrogen-bond donors (Lipinski definition) is 1. The molecule has 7 heteroatoms. The molecule has 0 amide bonds. The summed E-state index contributed by atoms with van der Waals surface area (Å²) < 4.78 is 11.0. The van der Waals surface area contributed by atoms with E-state index in [-0.39, 0.29) is 5.69 Å². The molecular weight excluding hydrogens is 336 g/mol. The Bertz CT molecular complexity index is 1240. The summed E-state index contributed by atoms with van der Waals surface area (Å²) >= 11 is 0. The number of anilines is 2. The summed E-state index contributed by atoms with van der Waals surface area (Å²) in [6.45, 7) is 3.52. The van der Waals surface area contributed by atoms with Crippen molar-refractivity contribution in [2.75, 3.05) is 5.32 Å². The van der Waals surface area contributed by atoms with Crippen LogP contribution in [0.2, 0.25) is 0 Å². The molecule has 2 heterocycles. The van der Waals surface area contributed by atoms with Crippen LogP contribution in [-0.2, 0) is 0 Å². The first kappa shape index (κ1) is 15.9. The molecule has 26 heavy (non-hydrogen) atoms. The molecule has 130 valence electrons. The van der Waals surface area contributed by atoms with Crippen molar-refractivity contribution in [1.82, 2.24) is 0 Å². The summed E-state index contributed by atoms with van der Waals surface area (Å²) in [4.78, 5) is 22.5. The SMILES string of the molecule is Cc1ccc(Nc2coc3ccc4c(C)cc(=O)oc4c23)cc1[N+](=O)[O-]. The van der Waals surface area contributed by atoms with E-state index in [9.17, 15) is 14.9 Å². The highest BCUT2D eigenvalue weighted by molar-refractivity contribution is 6.10. The predicted molar refractivity (Wildman–Crippen MR) is 98.1 cm³/mol. The van der Waals surface area contributed by atoms with Crippen molar-refractivity contribution in [3.8, 4) is 0 Å². The average Bonchev–Trinajstić information content (AvgIpc) is 2.99. The van der Waals surface area contributed by atoms with Crippen molar-refractivity contribution in [3.05, 3.63) is 74.3 Å². The lowest BCUT2D eigenvalue weighted by Gasteiger charge is -2.07. The Labute approximate surface area is 147 Å². The third kappa shape index (κ3) is 2.50. The van der Waals surface area contributed by atoms with Crippen molar-refractivity contribution in [3.63, 3.8) is 0 Å². The Morgan fingerprint density at radius 3 is 2.65 bits per heavy atom. The van der Waals surface area contributed by atoms with Crippen LogP contribution >= 0.6 is 0 Å². The van der Waals surface area contributed by atoms with Crippen LogP contribution in [0.3, 0.4) is 0 Å². The summed E-state index contributed by atoms with van der Waals surface area (Å²) in [5, 5.41) is 15.7. The highest BCUT2D eigenvalue weighted by Gasteiger charge is 2.16. The lowest BCUT2D eigenvalue weighted by Crippen LogP contribution is -1.98. The molecule has 0 aliphatic heterocycles. The third-order valence-electron chi connectivity index (χ3n) is 4.34. The quantitative estimate of drug-likeness (QED) is 0.323. The number of hydrogen-bond acceptors (Lipinski definition) is 6. The van der Waals surface area contributed by atoms with E-state index in [1.54, 1.807) is 25.1 Å². The van der Waals surface area contributed by atoms with Gasteiger partial charge in [0, 0.05) is 28.8 Å². The van der Waals surface area contributed by atoms with Crippen LogP contribution in [-0.4, -0.2) is 4.92 Å². The molecule has 0 saturated heterocycles. The van der Waals surface area contributed by atoms with E-state index in [1.807, 2.05) is 13.0 Å². The van der Waals surface area contributed by atoms with Gasteiger partial charge in [-0.1, -0.05) is 6.07 Å². The number of furan rings is 1. The van der Waals surface area contributed by atoms with Crippen molar-refractivity contribution < 1.29 is 13.8 Å². The number of aryl methyl sites for hydroxylation is 2. The summed E-state index contributed by atoms with van der Waals surface area (Å²) in [7, 11) is 0. The number of nitrogens with one attached hydrogen (secondary N) is 1. The third-order valence-corrected chi connectivity index (χ3v) is 4.34. The van der Waals surface area contributed by atoms with Crippen LogP contribution in [0.25, 0.3) is 21.9 Å². The van der Waals surface area contributed by atoms with Crippen molar-refractivity contribution >= 4 is 39.0 Å². The van der Waals surface area contributed by atoms with Crippen LogP contribution in [0.4, 0.5) is 17.1 Å². The first-order valence-corrected chi connectivity index (χ1v) is 7.91. The summed E-state index contributed by atoms with van der Waals surface area (Å²) in [6.07, 6.45) is 1.50.